The molecule has 1 aromatic carbocycles. The predicted octanol–water partition coefficient (Wildman–Crippen LogP) is 3.09. The second kappa shape index (κ2) is 7.89. The summed E-state index contributed by atoms with van der Waals surface area (Å²) in [6.07, 6.45) is 0. The lowest BCUT2D eigenvalue weighted by Crippen LogP contribution is -2.21. The van der Waals surface area contributed by atoms with Crippen molar-refractivity contribution in [2.75, 3.05) is 19.0 Å². The third-order valence-electron chi connectivity index (χ3n) is 3.44. The van der Waals surface area contributed by atoms with Crippen LogP contribution in [0.15, 0.2) is 24.3 Å². The first-order valence-electron chi connectivity index (χ1n) is 7.24. The van der Waals surface area contributed by atoms with Crippen molar-refractivity contribution >= 4 is 34.2 Å². The molecule has 0 saturated heterocycles. The van der Waals surface area contributed by atoms with Crippen LogP contribution in [0.25, 0.3) is 0 Å². The lowest BCUT2D eigenvalue weighted by molar-refractivity contribution is -0.119. The largest absolute Gasteiger partial charge is 0.465 e. The summed E-state index contributed by atoms with van der Waals surface area (Å²) in [4.78, 5) is 36.5. The molecule has 0 bridgehead atoms. The summed E-state index contributed by atoms with van der Waals surface area (Å²) in [5.74, 6) is -2.38. The Morgan fingerprint density at radius 3 is 2.36 bits per heavy atom. The van der Waals surface area contributed by atoms with Crippen molar-refractivity contribution in [2.24, 2.45) is 0 Å². The van der Waals surface area contributed by atoms with E-state index in [1.807, 2.05) is 6.92 Å². The molecule has 6 nitrogen and oxygen atoms in total. The highest BCUT2D eigenvalue weighted by Crippen LogP contribution is 2.32. The molecule has 1 N–H and O–H groups in total. The normalized spacial score (nSPS) is 10.2. The topological polar surface area (TPSA) is 81.7 Å². The summed E-state index contributed by atoms with van der Waals surface area (Å²) in [5, 5.41) is 2.88. The number of thiophene rings is 1. The Morgan fingerprint density at radius 1 is 1.12 bits per heavy atom. The molecule has 132 valence electrons. The van der Waals surface area contributed by atoms with Gasteiger partial charge in [-0.05, 0) is 43.7 Å². The van der Waals surface area contributed by atoms with Crippen LogP contribution in [0.3, 0.4) is 0 Å². The Labute approximate surface area is 147 Å². The third-order valence-corrected chi connectivity index (χ3v) is 4.56. The number of halogens is 1. The number of rotatable bonds is 5. The summed E-state index contributed by atoms with van der Waals surface area (Å²) in [6.45, 7) is 3.03. The van der Waals surface area contributed by atoms with Crippen molar-refractivity contribution in [3.63, 3.8) is 0 Å². The zero-order valence-electron chi connectivity index (χ0n) is 13.8. The number of carbonyl (C=O) groups excluding carboxylic acids is 3. The van der Waals surface area contributed by atoms with Gasteiger partial charge in [0.1, 0.15) is 10.8 Å². The molecule has 0 aliphatic heterocycles. The number of ether oxygens (including phenoxy) is 2. The van der Waals surface area contributed by atoms with Crippen molar-refractivity contribution in [3.05, 3.63) is 51.7 Å². The van der Waals surface area contributed by atoms with Gasteiger partial charge in [0.05, 0.1) is 18.2 Å². The molecule has 1 amide bonds. The van der Waals surface area contributed by atoms with Gasteiger partial charge in [0.2, 0.25) is 0 Å². The molecule has 1 heterocycles. The molecule has 0 saturated carbocycles. The van der Waals surface area contributed by atoms with Gasteiger partial charge >= 0.3 is 11.9 Å². The molecule has 1 aromatic heterocycles. The molecule has 0 unspecified atom stereocenters. The Kier molecular flexibility index (Phi) is 5.87. The Hall–Kier alpha value is -2.74. The minimum absolute atomic E-state index is 0.132. The monoisotopic (exact) mass is 365 g/mol. The molecule has 25 heavy (non-hydrogen) atoms. The molecular weight excluding hydrogens is 349 g/mol. The fraction of sp³-hybridized carbons (Fsp3) is 0.235. The van der Waals surface area contributed by atoms with E-state index >= 15 is 0 Å². The van der Waals surface area contributed by atoms with Gasteiger partial charge in [0.25, 0.3) is 5.91 Å². The standard InChI is InChI=1S/C17H16FNO5S/c1-9-10(2)25-15(14(9)17(22)23-3)19-13(20)8-24-16(21)11-4-6-12(18)7-5-11/h4-7H,8H2,1-3H3,(H,19,20). The number of methoxy groups -OCH3 is 1. The van der Waals surface area contributed by atoms with E-state index in [1.54, 1.807) is 6.92 Å². The van der Waals surface area contributed by atoms with Crippen LogP contribution < -0.4 is 5.32 Å². The summed E-state index contributed by atoms with van der Waals surface area (Å²) in [6, 6.07) is 4.76. The second-order valence-electron chi connectivity index (χ2n) is 5.11. The van der Waals surface area contributed by atoms with Gasteiger partial charge in [-0.25, -0.2) is 14.0 Å². The van der Waals surface area contributed by atoms with E-state index in [0.717, 1.165) is 22.6 Å². The number of hydrogen-bond donors (Lipinski definition) is 1. The maximum absolute atomic E-state index is 12.8. The van der Waals surface area contributed by atoms with E-state index in [9.17, 15) is 18.8 Å². The van der Waals surface area contributed by atoms with Crippen LogP contribution in [-0.2, 0) is 14.3 Å². The van der Waals surface area contributed by atoms with Crippen molar-refractivity contribution in [1.82, 2.24) is 0 Å². The number of aryl methyl sites for hydroxylation is 1. The van der Waals surface area contributed by atoms with Gasteiger partial charge in [-0.1, -0.05) is 0 Å². The highest BCUT2D eigenvalue weighted by molar-refractivity contribution is 7.16. The van der Waals surface area contributed by atoms with Crippen LogP contribution in [0.5, 0.6) is 0 Å². The number of hydrogen-bond acceptors (Lipinski definition) is 6. The minimum Gasteiger partial charge on any atom is -0.465 e. The number of esters is 2. The smallest absolute Gasteiger partial charge is 0.341 e. The molecule has 2 aromatic rings. The van der Waals surface area contributed by atoms with E-state index in [2.05, 4.69) is 5.32 Å². The van der Waals surface area contributed by atoms with E-state index in [0.29, 0.717) is 5.00 Å². The van der Waals surface area contributed by atoms with Gasteiger partial charge in [-0.2, -0.15) is 0 Å². The average molecular weight is 365 g/mol. The summed E-state index contributed by atoms with van der Waals surface area (Å²) in [5.41, 5.74) is 1.13. The van der Waals surface area contributed by atoms with Crippen LogP contribution in [0.2, 0.25) is 0 Å². The number of nitrogens with one attached hydrogen (secondary N) is 1. The average Bonchev–Trinajstić information content (AvgIpc) is 2.86. The number of anilines is 1. The van der Waals surface area contributed by atoms with Crippen LogP contribution in [-0.4, -0.2) is 31.6 Å². The Morgan fingerprint density at radius 2 is 1.76 bits per heavy atom. The first-order chi connectivity index (χ1) is 11.8. The number of carbonyl (C=O) groups is 3. The van der Waals surface area contributed by atoms with E-state index in [1.165, 1.54) is 30.6 Å². The minimum atomic E-state index is -0.748. The molecule has 0 fully saturated rings. The number of benzene rings is 1. The molecule has 0 atom stereocenters. The van der Waals surface area contributed by atoms with Crippen molar-refractivity contribution in [3.8, 4) is 0 Å². The first kappa shape index (κ1) is 18.6. The molecule has 0 spiro atoms. The first-order valence-corrected chi connectivity index (χ1v) is 8.06. The predicted molar refractivity (Wildman–Crippen MR) is 90.4 cm³/mol. The quantitative estimate of drug-likeness (QED) is 0.824. The lowest BCUT2D eigenvalue weighted by Gasteiger charge is -2.07. The van der Waals surface area contributed by atoms with E-state index in [-0.39, 0.29) is 11.1 Å². The van der Waals surface area contributed by atoms with Crippen molar-refractivity contribution in [2.45, 2.75) is 13.8 Å². The molecular formula is C17H16FNO5S. The zero-order chi connectivity index (χ0) is 18.6. The molecule has 2 rings (SSSR count). The highest BCUT2D eigenvalue weighted by atomic mass is 32.1. The van der Waals surface area contributed by atoms with E-state index < -0.39 is 30.3 Å². The molecule has 0 aliphatic carbocycles. The summed E-state index contributed by atoms with van der Waals surface area (Å²) < 4.78 is 22.4. The SMILES string of the molecule is COC(=O)c1c(NC(=O)COC(=O)c2ccc(F)cc2)sc(C)c1C. The highest BCUT2D eigenvalue weighted by Gasteiger charge is 2.22. The van der Waals surface area contributed by atoms with Gasteiger partial charge < -0.3 is 14.8 Å². The van der Waals surface area contributed by atoms with Crippen LogP contribution >= 0.6 is 11.3 Å². The van der Waals surface area contributed by atoms with Gasteiger partial charge in [0.15, 0.2) is 6.61 Å². The van der Waals surface area contributed by atoms with Crippen LogP contribution in [0.4, 0.5) is 9.39 Å². The fourth-order valence-corrected chi connectivity index (χ4v) is 3.09. The van der Waals surface area contributed by atoms with Gasteiger partial charge in [-0.15, -0.1) is 11.3 Å². The van der Waals surface area contributed by atoms with E-state index in [4.69, 9.17) is 9.47 Å². The van der Waals surface area contributed by atoms with Gasteiger partial charge in [-0.3, -0.25) is 4.79 Å². The maximum Gasteiger partial charge on any atom is 0.341 e. The van der Waals surface area contributed by atoms with Crippen LogP contribution in [0.1, 0.15) is 31.2 Å². The fourth-order valence-electron chi connectivity index (χ4n) is 2.03. The lowest BCUT2D eigenvalue weighted by atomic mass is 10.1. The molecule has 8 heteroatoms. The van der Waals surface area contributed by atoms with Gasteiger partial charge in [0, 0.05) is 4.88 Å². The third kappa shape index (κ3) is 4.42. The molecule has 0 radical (unpaired) electrons. The maximum atomic E-state index is 12.8. The summed E-state index contributed by atoms with van der Waals surface area (Å²) >= 11 is 1.23. The zero-order valence-corrected chi connectivity index (χ0v) is 14.7. The second-order valence-corrected chi connectivity index (χ2v) is 6.33. The van der Waals surface area contributed by atoms with Crippen LogP contribution in [0, 0.1) is 19.7 Å². The molecule has 0 aliphatic rings. The summed E-state index contributed by atoms with van der Waals surface area (Å²) in [7, 11) is 1.25. The van der Waals surface area contributed by atoms with Crippen molar-refractivity contribution in [1.29, 1.82) is 0 Å². The Bertz CT molecular complexity index is 813. The number of amides is 1. The Balaban J connectivity index is 2.01. The van der Waals surface area contributed by atoms with Crippen molar-refractivity contribution < 1.29 is 28.2 Å².